The molecule has 0 fully saturated rings. The van der Waals surface area contributed by atoms with Crippen LogP contribution in [0.2, 0.25) is 0 Å². The summed E-state index contributed by atoms with van der Waals surface area (Å²) < 4.78 is 19.5. The van der Waals surface area contributed by atoms with Crippen molar-refractivity contribution in [1.82, 2.24) is 0 Å². The van der Waals surface area contributed by atoms with Crippen LogP contribution in [0.4, 0.5) is 10.1 Å². The lowest BCUT2D eigenvalue weighted by Crippen LogP contribution is -2.26. The minimum Gasteiger partial charge on any atom is -0.487 e. The van der Waals surface area contributed by atoms with Crippen molar-refractivity contribution in [3.05, 3.63) is 59.9 Å². The van der Waals surface area contributed by atoms with E-state index in [4.69, 9.17) is 21.9 Å². The van der Waals surface area contributed by atoms with Crippen molar-refractivity contribution in [2.75, 3.05) is 0 Å². The molecule has 0 heterocycles. The molecule has 0 aliphatic heterocycles. The van der Waals surface area contributed by atoms with Gasteiger partial charge in [-0.15, -0.1) is 0 Å². The number of ether oxygens (including phenoxy) is 1. The van der Waals surface area contributed by atoms with E-state index < -0.39 is 5.82 Å². The molecule has 0 radical (unpaired) electrons. The molecule has 0 bridgehead atoms. The zero-order valence-corrected chi connectivity index (χ0v) is 11.7. The van der Waals surface area contributed by atoms with Crippen molar-refractivity contribution in [2.45, 2.75) is 6.61 Å². The van der Waals surface area contributed by atoms with Crippen molar-refractivity contribution in [3.63, 3.8) is 0 Å². The number of halogens is 1. The maximum Gasteiger partial charge on any atom is 0.224 e. The van der Waals surface area contributed by atoms with Crippen molar-refractivity contribution in [3.8, 4) is 5.75 Å². The quantitative estimate of drug-likeness (QED) is 0.588. The second kappa shape index (κ2) is 7.07. The predicted molar refractivity (Wildman–Crippen MR) is 84.3 cm³/mol. The molecule has 114 valence electrons. The van der Waals surface area contributed by atoms with Gasteiger partial charge in [0, 0.05) is 0 Å². The van der Waals surface area contributed by atoms with E-state index >= 15 is 0 Å². The van der Waals surface area contributed by atoms with E-state index in [1.54, 1.807) is 6.07 Å². The Hall–Kier alpha value is -3.09. The molecule has 0 saturated carbocycles. The molecule has 2 aromatic carbocycles. The number of para-hydroxylation sites is 1. The normalized spacial score (nSPS) is 11.0. The molecule has 6 nitrogen and oxygen atoms in total. The number of benzene rings is 2. The van der Waals surface area contributed by atoms with Gasteiger partial charge >= 0.3 is 0 Å². The van der Waals surface area contributed by atoms with Gasteiger partial charge in [0.05, 0.1) is 0 Å². The average molecular weight is 301 g/mol. The molecular formula is C15H16FN5O. The topological polar surface area (TPSA) is 112 Å². The summed E-state index contributed by atoms with van der Waals surface area (Å²) in [4.78, 5) is 7.41. The van der Waals surface area contributed by atoms with Crippen molar-refractivity contribution < 1.29 is 9.13 Å². The minimum absolute atomic E-state index is 0.0547. The van der Waals surface area contributed by atoms with Gasteiger partial charge in [-0.1, -0.05) is 36.4 Å². The first kappa shape index (κ1) is 15.3. The Morgan fingerprint density at radius 2 is 1.73 bits per heavy atom. The highest BCUT2D eigenvalue weighted by atomic mass is 19.1. The van der Waals surface area contributed by atoms with Crippen LogP contribution >= 0.6 is 0 Å². The standard InChI is InChI=1S/C15H16FN5O/c16-11-7-4-8-12(13(11)20-15(19)21-14(17)18)22-9-10-5-2-1-3-6-10/h1-8H,9H2,(H6,17,18,19,20,21). The zero-order valence-electron chi connectivity index (χ0n) is 11.7. The number of nitrogens with zero attached hydrogens (tertiary/aromatic N) is 2. The molecule has 2 aromatic rings. The van der Waals surface area contributed by atoms with Gasteiger partial charge in [-0.2, -0.15) is 4.99 Å². The van der Waals surface area contributed by atoms with E-state index in [1.165, 1.54) is 12.1 Å². The molecule has 0 spiro atoms. The summed E-state index contributed by atoms with van der Waals surface area (Å²) >= 11 is 0. The van der Waals surface area contributed by atoms with Gasteiger partial charge in [0.2, 0.25) is 5.96 Å². The number of guanidine groups is 2. The summed E-state index contributed by atoms with van der Waals surface area (Å²) in [5.41, 5.74) is 16.8. The Labute approximate surface area is 127 Å². The maximum absolute atomic E-state index is 13.9. The van der Waals surface area contributed by atoms with Gasteiger partial charge in [0.1, 0.15) is 18.0 Å². The molecular weight excluding hydrogens is 285 g/mol. The van der Waals surface area contributed by atoms with Crippen LogP contribution in [0.15, 0.2) is 58.5 Å². The Kier molecular flexibility index (Phi) is 4.92. The molecule has 2 rings (SSSR count). The summed E-state index contributed by atoms with van der Waals surface area (Å²) in [6, 6.07) is 13.8. The maximum atomic E-state index is 13.9. The van der Waals surface area contributed by atoms with E-state index in [0.29, 0.717) is 0 Å². The van der Waals surface area contributed by atoms with Crippen molar-refractivity contribution in [2.24, 2.45) is 27.2 Å². The van der Waals surface area contributed by atoms with Gasteiger partial charge in [-0.05, 0) is 17.7 Å². The molecule has 6 N–H and O–H groups in total. The van der Waals surface area contributed by atoms with Crippen LogP contribution in [0.5, 0.6) is 5.75 Å². The highest BCUT2D eigenvalue weighted by Gasteiger charge is 2.10. The Balaban J connectivity index is 2.25. The van der Waals surface area contributed by atoms with Crippen LogP contribution in [0.1, 0.15) is 5.56 Å². The van der Waals surface area contributed by atoms with Gasteiger partial charge in [-0.3, -0.25) is 0 Å². The first-order chi connectivity index (χ1) is 10.6. The first-order valence-electron chi connectivity index (χ1n) is 6.45. The van der Waals surface area contributed by atoms with Crippen LogP contribution in [-0.4, -0.2) is 11.9 Å². The van der Waals surface area contributed by atoms with Crippen LogP contribution < -0.4 is 21.9 Å². The second-order valence-corrected chi connectivity index (χ2v) is 4.37. The Morgan fingerprint density at radius 1 is 1.00 bits per heavy atom. The zero-order chi connectivity index (χ0) is 15.9. The molecule has 0 saturated heterocycles. The largest absolute Gasteiger partial charge is 0.487 e. The molecule has 7 heteroatoms. The summed E-state index contributed by atoms with van der Waals surface area (Å²) in [6.45, 7) is 0.273. The lowest BCUT2D eigenvalue weighted by molar-refractivity contribution is 0.306. The molecule has 0 aliphatic carbocycles. The Morgan fingerprint density at radius 3 is 2.41 bits per heavy atom. The summed E-state index contributed by atoms with van der Waals surface area (Å²) in [5.74, 6) is -0.851. The SMILES string of the molecule is NC(N)=NC(N)=Nc1c(F)cccc1OCc1ccccc1. The van der Waals surface area contributed by atoms with E-state index in [2.05, 4.69) is 9.98 Å². The second-order valence-electron chi connectivity index (χ2n) is 4.37. The summed E-state index contributed by atoms with van der Waals surface area (Å²) in [5, 5.41) is 0. The summed E-state index contributed by atoms with van der Waals surface area (Å²) in [6.07, 6.45) is 0. The number of rotatable bonds is 4. The van der Waals surface area contributed by atoms with Gasteiger partial charge < -0.3 is 21.9 Å². The predicted octanol–water partition coefficient (Wildman–Crippen LogP) is 1.62. The summed E-state index contributed by atoms with van der Waals surface area (Å²) in [7, 11) is 0. The average Bonchev–Trinajstić information content (AvgIpc) is 2.48. The lowest BCUT2D eigenvalue weighted by Gasteiger charge is -2.09. The molecule has 0 aliphatic rings. The van der Waals surface area contributed by atoms with E-state index in [-0.39, 0.29) is 30.0 Å². The number of hydrogen-bond acceptors (Lipinski definition) is 2. The molecule has 0 unspecified atom stereocenters. The van der Waals surface area contributed by atoms with Crippen LogP contribution in [0, 0.1) is 5.82 Å². The molecule has 22 heavy (non-hydrogen) atoms. The Bertz CT molecular complexity index is 696. The first-order valence-corrected chi connectivity index (χ1v) is 6.45. The molecule has 0 amide bonds. The third-order valence-electron chi connectivity index (χ3n) is 2.66. The van der Waals surface area contributed by atoms with Crippen LogP contribution in [0.25, 0.3) is 0 Å². The van der Waals surface area contributed by atoms with E-state index in [0.717, 1.165) is 5.56 Å². The molecule has 0 atom stereocenters. The molecule has 0 aromatic heterocycles. The fourth-order valence-electron chi connectivity index (χ4n) is 1.73. The number of hydrogen-bond donors (Lipinski definition) is 3. The number of aliphatic imine (C=N–C) groups is 2. The van der Waals surface area contributed by atoms with Crippen molar-refractivity contribution in [1.29, 1.82) is 0 Å². The number of nitrogens with two attached hydrogens (primary N) is 3. The fraction of sp³-hybridized carbons (Fsp3) is 0.0667. The van der Waals surface area contributed by atoms with E-state index in [1.807, 2.05) is 30.3 Å². The van der Waals surface area contributed by atoms with Gasteiger partial charge in [0.15, 0.2) is 11.8 Å². The minimum atomic E-state index is -0.584. The van der Waals surface area contributed by atoms with Gasteiger partial charge in [-0.25, -0.2) is 9.38 Å². The van der Waals surface area contributed by atoms with Crippen LogP contribution in [0.3, 0.4) is 0 Å². The smallest absolute Gasteiger partial charge is 0.224 e. The van der Waals surface area contributed by atoms with Crippen LogP contribution in [-0.2, 0) is 6.61 Å². The van der Waals surface area contributed by atoms with Gasteiger partial charge in [0.25, 0.3) is 0 Å². The highest BCUT2D eigenvalue weighted by Crippen LogP contribution is 2.31. The monoisotopic (exact) mass is 301 g/mol. The lowest BCUT2D eigenvalue weighted by atomic mass is 10.2. The highest BCUT2D eigenvalue weighted by molar-refractivity contribution is 5.93. The third kappa shape index (κ3) is 4.20. The van der Waals surface area contributed by atoms with E-state index in [9.17, 15) is 4.39 Å². The van der Waals surface area contributed by atoms with Crippen molar-refractivity contribution >= 4 is 17.6 Å². The fourth-order valence-corrected chi connectivity index (χ4v) is 1.73. The third-order valence-corrected chi connectivity index (χ3v) is 2.66.